The van der Waals surface area contributed by atoms with E-state index in [4.69, 9.17) is 4.99 Å². The van der Waals surface area contributed by atoms with Crippen molar-refractivity contribution in [1.29, 1.82) is 0 Å². The van der Waals surface area contributed by atoms with Crippen molar-refractivity contribution in [2.45, 2.75) is 52.7 Å². The zero-order chi connectivity index (χ0) is 27.1. The summed E-state index contributed by atoms with van der Waals surface area (Å²) in [7, 11) is 2.00. The fourth-order valence-electron chi connectivity index (χ4n) is 5.57. The number of nitrogens with one attached hydrogen (secondary N) is 1. The van der Waals surface area contributed by atoms with E-state index in [0.29, 0.717) is 30.8 Å². The van der Waals surface area contributed by atoms with Crippen LogP contribution >= 0.6 is 0 Å². The Morgan fingerprint density at radius 3 is 2.54 bits per heavy atom. The van der Waals surface area contributed by atoms with Crippen molar-refractivity contribution in [1.82, 2.24) is 15.1 Å². The number of aliphatic imine (C=N–C) groups is 1. The Hall–Kier alpha value is -2.65. The molecule has 7 nitrogen and oxygen atoms in total. The molecule has 0 saturated carbocycles. The molecule has 1 saturated heterocycles. The van der Waals surface area contributed by atoms with Crippen LogP contribution in [-0.2, 0) is 9.59 Å². The lowest BCUT2D eigenvalue weighted by Gasteiger charge is -2.36. The van der Waals surface area contributed by atoms with Crippen molar-refractivity contribution in [2.24, 2.45) is 22.2 Å². The zero-order valence-electron chi connectivity index (χ0n) is 22.4. The maximum Gasteiger partial charge on any atom is 0.245 e. The van der Waals surface area contributed by atoms with E-state index in [1.807, 2.05) is 34.7 Å². The predicted octanol–water partition coefficient (Wildman–Crippen LogP) is 2.78. The number of likely N-dealkylation sites (N-methyl/N-ethyl adjacent to an activating group) is 1. The van der Waals surface area contributed by atoms with E-state index < -0.39 is 35.1 Å². The molecule has 1 fully saturated rings. The maximum absolute atomic E-state index is 14.1. The zero-order valence-corrected chi connectivity index (χ0v) is 22.4. The van der Waals surface area contributed by atoms with Crippen LogP contribution in [-0.4, -0.2) is 84.3 Å². The van der Waals surface area contributed by atoms with Crippen LogP contribution in [0.2, 0.25) is 0 Å². The van der Waals surface area contributed by atoms with Crippen LogP contribution in [0.1, 0.15) is 46.1 Å². The van der Waals surface area contributed by atoms with Gasteiger partial charge in [0.15, 0.2) is 11.6 Å². The molecule has 3 heterocycles. The smallest absolute Gasteiger partial charge is 0.245 e. The van der Waals surface area contributed by atoms with Crippen LogP contribution in [0, 0.1) is 28.9 Å². The largest absolute Gasteiger partial charge is 0.391 e. The third-order valence-corrected chi connectivity index (χ3v) is 7.87. The molecule has 0 radical (unpaired) electrons. The van der Waals surface area contributed by atoms with E-state index in [9.17, 15) is 23.5 Å². The van der Waals surface area contributed by atoms with Crippen LogP contribution in [0.4, 0.5) is 8.78 Å². The molecule has 2 N–H and O–H groups in total. The van der Waals surface area contributed by atoms with E-state index in [2.05, 4.69) is 10.2 Å². The Morgan fingerprint density at radius 1 is 1.19 bits per heavy atom. The van der Waals surface area contributed by atoms with Gasteiger partial charge in [0.1, 0.15) is 6.04 Å². The number of amides is 2. The summed E-state index contributed by atoms with van der Waals surface area (Å²) >= 11 is 0. The highest BCUT2D eigenvalue weighted by Gasteiger charge is 2.41. The first-order valence-electron chi connectivity index (χ1n) is 13.0. The van der Waals surface area contributed by atoms with E-state index >= 15 is 0 Å². The summed E-state index contributed by atoms with van der Waals surface area (Å²) in [6.07, 6.45) is 0.733. The number of hydrogen-bond donors (Lipinski definition) is 2. The van der Waals surface area contributed by atoms with Crippen molar-refractivity contribution in [3.8, 4) is 0 Å². The fourth-order valence-corrected chi connectivity index (χ4v) is 5.57. The maximum atomic E-state index is 14.1. The molecular weight excluding hydrogens is 478 g/mol. The van der Waals surface area contributed by atoms with Gasteiger partial charge in [-0.05, 0) is 55.0 Å². The lowest BCUT2D eigenvalue weighted by Crippen LogP contribution is -2.56. The lowest BCUT2D eigenvalue weighted by molar-refractivity contribution is -0.140. The summed E-state index contributed by atoms with van der Waals surface area (Å²) in [5.41, 5.74) is 2.60. The van der Waals surface area contributed by atoms with E-state index in [-0.39, 0.29) is 30.8 Å². The van der Waals surface area contributed by atoms with Gasteiger partial charge in [-0.2, -0.15) is 0 Å². The first-order valence-corrected chi connectivity index (χ1v) is 13.0. The topological polar surface area (TPSA) is 85.2 Å². The number of nitrogens with zero attached hydrogens (tertiary/aromatic N) is 3. The van der Waals surface area contributed by atoms with Gasteiger partial charge in [-0.1, -0.05) is 33.3 Å². The second-order valence-electron chi connectivity index (χ2n) is 11.7. The highest BCUT2D eigenvalue weighted by atomic mass is 19.2. The van der Waals surface area contributed by atoms with Crippen LogP contribution in [0.3, 0.4) is 0 Å². The van der Waals surface area contributed by atoms with Crippen LogP contribution in [0.25, 0.3) is 0 Å². The summed E-state index contributed by atoms with van der Waals surface area (Å²) in [5.74, 6) is -2.94. The van der Waals surface area contributed by atoms with Crippen LogP contribution in [0.5, 0.6) is 0 Å². The summed E-state index contributed by atoms with van der Waals surface area (Å²) in [4.78, 5) is 35.7. The molecule has 202 valence electrons. The molecule has 9 heteroatoms. The van der Waals surface area contributed by atoms with Crippen molar-refractivity contribution in [3.63, 3.8) is 0 Å². The van der Waals surface area contributed by atoms with Gasteiger partial charge >= 0.3 is 0 Å². The summed E-state index contributed by atoms with van der Waals surface area (Å²) < 4.78 is 27.8. The number of hydrogen-bond acceptors (Lipinski definition) is 5. The minimum atomic E-state index is -0.934. The van der Waals surface area contributed by atoms with Crippen molar-refractivity contribution < 1.29 is 23.5 Å². The molecule has 4 rings (SSSR count). The highest BCUT2D eigenvalue weighted by molar-refractivity contribution is 6.14. The summed E-state index contributed by atoms with van der Waals surface area (Å²) in [6.45, 7) is 10.1. The van der Waals surface area contributed by atoms with Crippen molar-refractivity contribution >= 4 is 17.5 Å². The molecule has 4 unspecified atom stereocenters. The Kier molecular flexibility index (Phi) is 7.85. The number of halogens is 2. The molecule has 0 spiro atoms. The molecule has 0 aliphatic carbocycles. The minimum Gasteiger partial charge on any atom is -0.391 e. The Bertz CT molecular complexity index is 1130. The monoisotopic (exact) mass is 516 g/mol. The number of likely N-dealkylation sites (tertiary alicyclic amines) is 1. The predicted molar refractivity (Wildman–Crippen MR) is 138 cm³/mol. The summed E-state index contributed by atoms with van der Waals surface area (Å²) in [5, 5.41) is 12.9. The summed E-state index contributed by atoms with van der Waals surface area (Å²) in [6, 6.07) is 3.05. The number of benzene rings is 1. The third-order valence-electron chi connectivity index (χ3n) is 7.87. The van der Waals surface area contributed by atoms with Gasteiger partial charge in [0.25, 0.3) is 0 Å². The molecule has 0 bridgehead atoms. The number of aliphatic hydroxyl groups is 1. The molecule has 1 aromatic carbocycles. The minimum absolute atomic E-state index is 0.139. The number of β-amino-alcohol motifs (C(OH)–C–C–N with tert-alkyl or cyclic N) is 1. The lowest BCUT2D eigenvalue weighted by atomic mass is 9.79. The average molecular weight is 517 g/mol. The number of rotatable bonds is 4. The highest BCUT2D eigenvalue weighted by Crippen LogP contribution is 2.35. The van der Waals surface area contributed by atoms with Gasteiger partial charge in [-0.3, -0.25) is 14.6 Å². The SMILES string of the molecule is CC1C2=C(CN(C)CC2)C(c2ccc(F)c(F)c2)=NCC1C(=O)NC(C(=O)N1CCC(O)C1)C(C)(C)C. The van der Waals surface area contributed by atoms with Gasteiger partial charge in [-0.25, -0.2) is 8.78 Å². The molecule has 4 atom stereocenters. The third kappa shape index (κ3) is 5.77. The normalized spacial score (nSPS) is 25.9. The molecule has 3 aliphatic rings. The second-order valence-corrected chi connectivity index (χ2v) is 11.7. The van der Waals surface area contributed by atoms with Crippen molar-refractivity contribution in [2.75, 3.05) is 39.8 Å². The van der Waals surface area contributed by atoms with E-state index in [0.717, 1.165) is 36.2 Å². The van der Waals surface area contributed by atoms with Crippen LogP contribution in [0.15, 0.2) is 34.3 Å². The van der Waals surface area contributed by atoms with Gasteiger partial charge in [-0.15, -0.1) is 0 Å². The van der Waals surface area contributed by atoms with E-state index in [1.54, 1.807) is 4.90 Å². The average Bonchev–Trinajstić information content (AvgIpc) is 3.21. The Labute approximate surface area is 217 Å². The van der Waals surface area contributed by atoms with Gasteiger partial charge in [0.2, 0.25) is 11.8 Å². The Balaban J connectivity index is 1.65. The second kappa shape index (κ2) is 10.6. The molecule has 3 aliphatic heterocycles. The molecular formula is C28H38F2N4O3. The Morgan fingerprint density at radius 2 is 1.92 bits per heavy atom. The molecule has 2 amide bonds. The van der Waals surface area contributed by atoms with Gasteiger partial charge < -0.3 is 20.2 Å². The molecule has 0 aromatic heterocycles. The first kappa shape index (κ1) is 27.4. The molecule has 1 aromatic rings. The van der Waals surface area contributed by atoms with Crippen molar-refractivity contribution in [3.05, 3.63) is 46.5 Å². The standard InChI is InChI=1S/C28H38F2N4O3/c1-16-19-9-10-33(5)15-21(19)24(17-6-7-22(29)23(30)12-17)31-13-20(16)26(36)32-25(28(2,3)4)27(37)34-11-8-18(35)14-34/h6-7,12,16,18,20,25,35H,8-11,13-15H2,1-5H3,(H,32,36). The first-order chi connectivity index (χ1) is 17.4. The molecule has 37 heavy (non-hydrogen) atoms. The quantitative estimate of drug-likeness (QED) is 0.645. The number of carbonyl (C=O) groups excluding carboxylic acids is 2. The van der Waals surface area contributed by atoms with Gasteiger partial charge in [0.05, 0.1) is 24.3 Å². The van der Waals surface area contributed by atoms with E-state index in [1.165, 1.54) is 6.07 Å². The number of carbonyl (C=O) groups is 2. The van der Waals surface area contributed by atoms with Crippen LogP contribution < -0.4 is 5.32 Å². The number of aliphatic hydroxyl groups excluding tert-OH is 1. The fraction of sp³-hybridized carbons (Fsp3) is 0.607. The van der Waals surface area contributed by atoms with Gasteiger partial charge in [0, 0.05) is 31.7 Å².